The lowest BCUT2D eigenvalue weighted by molar-refractivity contribution is -0.121. The van der Waals surface area contributed by atoms with E-state index in [0.717, 1.165) is 29.1 Å². The van der Waals surface area contributed by atoms with Crippen LogP contribution in [-0.4, -0.2) is 28.2 Å². The van der Waals surface area contributed by atoms with Gasteiger partial charge in [0.2, 0.25) is 5.91 Å². The second-order valence-corrected chi connectivity index (χ2v) is 8.50. The van der Waals surface area contributed by atoms with Gasteiger partial charge >= 0.3 is 0 Å². The van der Waals surface area contributed by atoms with Gasteiger partial charge in [-0.1, -0.05) is 11.6 Å². The molecule has 140 valence electrons. The summed E-state index contributed by atoms with van der Waals surface area (Å²) in [7, 11) is 0. The molecule has 8 heteroatoms. The maximum Gasteiger partial charge on any atom is 0.220 e. The number of hydrogen-bond donors (Lipinski definition) is 1. The van der Waals surface area contributed by atoms with E-state index >= 15 is 0 Å². The average molecular weight is 420 g/mol. The number of Topliss-reactive ketones (excluding diaryl/α,β-unsaturated/α-hetero) is 1. The Hall–Kier alpha value is -2.09. The van der Waals surface area contributed by atoms with Crippen LogP contribution in [0, 0.1) is 0 Å². The zero-order valence-corrected chi connectivity index (χ0v) is 16.9. The molecule has 0 aromatic carbocycles. The van der Waals surface area contributed by atoms with Crippen LogP contribution in [0.25, 0.3) is 11.3 Å². The van der Waals surface area contributed by atoms with Crippen molar-refractivity contribution in [2.75, 3.05) is 6.54 Å². The molecule has 0 unspecified atom stereocenters. The Morgan fingerprint density at radius 2 is 1.93 bits per heavy atom. The number of nitrogens with one attached hydrogen (secondary N) is 1. The van der Waals surface area contributed by atoms with E-state index in [9.17, 15) is 9.59 Å². The Morgan fingerprint density at radius 1 is 1.11 bits per heavy atom. The van der Waals surface area contributed by atoms with E-state index in [1.807, 2.05) is 17.5 Å². The van der Waals surface area contributed by atoms with Crippen LogP contribution in [0.2, 0.25) is 4.34 Å². The fourth-order valence-corrected chi connectivity index (χ4v) is 4.31. The van der Waals surface area contributed by atoms with Crippen molar-refractivity contribution >= 4 is 46.0 Å². The number of aryl methyl sites for hydroxylation is 1. The lowest BCUT2D eigenvalue weighted by Crippen LogP contribution is -2.25. The minimum Gasteiger partial charge on any atom is -0.356 e. The Labute approximate surface area is 170 Å². The van der Waals surface area contributed by atoms with Crippen LogP contribution >= 0.6 is 34.3 Å². The molecule has 0 spiro atoms. The smallest absolute Gasteiger partial charge is 0.220 e. The molecule has 0 radical (unpaired) electrons. The van der Waals surface area contributed by atoms with Gasteiger partial charge in [-0.05, 0) is 30.7 Å². The molecule has 0 aliphatic heterocycles. The van der Waals surface area contributed by atoms with Gasteiger partial charge < -0.3 is 5.32 Å². The molecule has 0 fully saturated rings. The van der Waals surface area contributed by atoms with Crippen molar-refractivity contribution in [1.29, 1.82) is 0 Å². The van der Waals surface area contributed by atoms with Crippen LogP contribution in [0.4, 0.5) is 0 Å². The van der Waals surface area contributed by atoms with Crippen LogP contribution in [0.1, 0.15) is 33.9 Å². The van der Waals surface area contributed by atoms with Crippen LogP contribution in [0.15, 0.2) is 42.0 Å². The summed E-state index contributed by atoms with van der Waals surface area (Å²) in [5, 5.41) is 5.93. The lowest BCUT2D eigenvalue weighted by Gasteiger charge is -2.04. The number of nitrogens with zero attached hydrogens (tertiary/aromatic N) is 2. The third kappa shape index (κ3) is 5.95. The van der Waals surface area contributed by atoms with Gasteiger partial charge in [-0.25, -0.2) is 4.98 Å². The second kappa shape index (κ2) is 9.73. The molecule has 5 nitrogen and oxygen atoms in total. The van der Waals surface area contributed by atoms with Crippen LogP contribution < -0.4 is 5.32 Å². The highest BCUT2D eigenvalue weighted by Gasteiger charge is 2.11. The van der Waals surface area contributed by atoms with E-state index < -0.39 is 0 Å². The topological polar surface area (TPSA) is 72.0 Å². The molecule has 0 saturated carbocycles. The summed E-state index contributed by atoms with van der Waals surface area (Å²) in [6.45, 7) is 0.571. The van der Waals surface area contributed by atoms with E-state index in [2.05, 4.69) is 15.3 Å². The summed E-state index contributed by atoms with van der Waals surface area (Å²) in [5.74, 6) is -0.156. The van der Waals surface area contributed by atoms with Gasteiger partial charge in [-0.3, -0.25) is 14.6 Å². The number of halogens is 1. The van der Waals surface area contributed by atoms with Gasteiger partial charge in [0, 0.05) is 49.1 Å². The summed E-state index contributed by atoms with van der Waals surface area (Å²) < 4.78 is 0.581. The number of rotatable bonds is 9. The average Bonchev–Trinajstić information content (AvgIpc) is 3.33. The van der Waals surface area contributed by atoms with Crippen molar-refractivity contribution in [2.24, 2.45) is 0 Å². The third-order valence-corrected chi connectivity index (χ3v) is 6.03. The molecular formula is C19H18ClN3O2S2. The lowest BCUT2D eigenvalue weighted by atomic mass is 10.2. The molecule has 27 heavy (non-hydrogen) atoms. The Bertz CT molecular complexity index is 909. The third-order valence-electron chi connectivity index (χ3n) is 3.84. The molecule has 0 saturated heterocycles. The van der Waals surface area contributed by atoms with Crippen molar-refractivity contribution in [3.8, 4) is 11.3 Å². The van der Waals surface area contributed by atoms with E-state index in [-0.39, 0.29) is 24.5 Å². The van der Waals surface area contributed by atoms with E-state index in [4.69, 9.17) is 11.6 Å². The molecule has 0 aliphatic carbocycles. The summed E-state index contributed by atoms with van der Waals surface area (Å²) in [5.41, 5.74) is 2.01. The number of amides is 1. The van der Waals surface area contributed by atoms with Crippen molar-refractivity contribution in [2.45, 2.75) is 25.7 Å². The number of hydrogen-bond acceptors (Lipinski definition) is 6. The van der Waals surface area contributed by atoms with Gasteiger partial charge in [0.05, 0.1) is 19.9 Å². The minimum atomic E-state index is -0.109. The number of thiophene rings is 1. The summed E-state index contributed by atoms with van der Waals surface area (Å²) in [6.07, 6.45) is 5.51. The summed E-state index contributed by atoms with van der Waals surface area (Å²) in [6, 6.07) is 7.26. The van der Waals surface area contributed by atoms with Crippen molar-refractivity contribution < 1.29 is 9.59 Å². The first-order chi connectivity index (χ1) is 13.1. The van der Waals surface area contributed by atoms with Gasteiger partial charge in [0.15, 0.2) is 5.78 Å². The van der Waals surface area contributed by atoms with Gasteiger partial charge in [0.25, 0.3) is 0 Å². The van der Waals surface area contributed by atoms with Crippen LogP contribution in [0.5, 0.6) is 0 Å². The SMILES string of the molecule is O=C(CCC(=O)c1ccc(Cl)s1)NCCCc1nc(-c2ccncc2)cs1. The molecule has 3 heterocycles. The first kappa shape index (κ1) is 19.7. The first-order valence-electron chi connectivity index (χ1n) is 8.52. The Morgan fingerprint density at radius 3 is 2.67 bits per heavy atom. The Balaban J connectivity index is 1.35. The molecule has 3 aromatic heterocycles. The predicted octanol–water partition coefficient (Wildman–Crippen LogP) is 4.63. The van der Waals surface area contributed by atoms with Crippen molar-refractivity contribution in [3.05, 3.63) is 56.3 Å². The zero-order valence-electron chi connectivity index (χ0n) is 14.5. The fourth-order valence-electron chi connectivity index (χ4n) is 2.45. The first-order valence-corrected chi connectivity index (χ1v) is 10.6. The standard InChI is InChI=1S/C19H18ClN3O2S2/c20-17-5-4-16(27-17)15(24)3-6-18(25)22-9-1-2-19-23-14(12-26-19)13-7-10-21-11-8-13/h4-5,7-8,10-12H,1-3,6,9H2,(H,22,25). The number of ketones is 1. The van der Waals surface area contributed by atoms with E-state index in [1.165, 1.54) is 11.3 Å². The predicted molar refractivity (Wildman–Crippen MR) is 110 cm³/mol. The van der Waals surface area contributed by atoms with Gasteiger partial charge in [-0.15, -0.1) is 22.7 Å². The molecule has 0 bridgehead atoms. The monoisotopic (exact) mass is 419 g/mol. The molecular weight excluding hydrogens is 402 g/mol. The second-order valence-electron chi connectivity index (χ2n) is 5.84. The highest BCUT2D eigenvalue weighted by atomic mass is 35.5. The largest absolute Gasteiger partial charge is 0.356 e. The van der Waals surface area contributed by atoms with Crippen LogP contribution in [-0.2, 0) is 11.2 Å². The van der Waals surface area contributed by atoms with Crippen molar-refractivity contribution in [1.82, 2.24) is 15.3 Å². The number of carbonyl (C=O) groups excluding carboxylic acids is 2. The molecule has 3 rings (SSSR count). The number of thiazole rings is 1. The molecule has 3 aromatic rings. The molecule has 1 amide bonds. The normalized spacial score (nSPS) is 10.7. The highest BCUT2D eigenvalue weighted by molar-refractivity contribution is 7.18. The zero-order chi connectivity index (χ0) is 19.1. The summed E-state index contributed by atoms with van der Waals surface area (Å²) >= 11 is 8.68. The minimum absolute atomic E-state index is 0.0477. The fraction of sp³-hybridized carbons (Fsp3) is 0.263. The molecule has 0 aliphatic rings. The maximum atomic E-state index is 12.0. The molecule has 0 atom stereocenters. The van der Waals surface area contributed by atoms with E-state index in [1.54, 1.807) is 35.9 Å². The number of pyridine rings is 1. The highest BCUT2D eigenvalue weighted by Crippen LogP contribution is 2.23. The number of aromatic nitrogens is 2. The number of carbonyl (C=O) groups is 2. The van der Waals surface area contributed by atoms with Gasteiger partial charge in [-0.2, -0.15) is 0 Å². The maximum absolute atomic E-state index is 12.0. The van der Waals surface area contributed by atoms with Crippen LogP contribution in [0.3, 0.4) is 0 Å². The summed E-state index contributed by atoms with van der Waals surface area (Å²) in [4.78, 5) is 33.1. The van der Waals surface area contributed by atoms with E-state index in [0.29, 0.717) is 15.8 Å². The quantitative estimate of drug-likeness (QED) is 0.405. The Kier molecular flexibility index (Phi) is 7.09. The van der Waals surface area contributed by atoms with Crippen molar-refractivity contribution in [3.63, 3.8) is 0 Å². The molecule has 1 N–H and O–H groups in total. The van der Waals surface area contributed by atoms with Gasteiger partial charge in [0.1, 0.15) is 0 Å².